The summed E-state index contributed by atoms with van der Waals surface area (Å²) in [5.41, 5.74) is 12.5. The number of benzene rings is 1. The highest BCUT2D eigenvalue weighted by Gasteiger charge is 2.10. The minimum absolute atomic E-state index is 0.874. The van der Waals surface area contributed by atoms with Crippen molar-refractivity contribution in [1.82, 2.24) is 14.8 Å². The molecule has 2 aromatic heterocycles. The minimum Gasteiger partial charge on any atom is -0.398 e. The summed E-state index contributed by atoms with van der Waals surface area (Å²) in [6, 6.07) is 4.23. The Morgan fingerprint density at radius 1 is 1.28 bits per heavy atom. The zero-order valence-corrected chi connectivity index (χ0v) is 10.8. The smallest absolute Gasteiger partial charge is 0.0583 e. The van der Waals surface area contributed by atoms with Gasteiger partial charge in [-0.15, -0.1) is 0 Å². The van der Waals surface area contributed by atoms with Crippen molar-refractivity contribution in [2.45, 2.75) is 13.8 Å². The van der Waals surface area contributed by atoms with Gasteiger partial charge in [0.05, 0.1) is 6.20 Å². The maximum absolute atomic E-state index is 6.07. The molecule has 4 heteroatoms. The first-order valence-corrected chi connectivity index (χ1v) is 5.93. The lowest BCUT2D eigenvalue weighted by atomic mass is 10.0. The lowest BCUT2D eigenvalue weighted by Gasteiger charge is -2.05. The zero-order chi connectivity index (χ0) is 12.9. The molecule has 0 saturated carbocycles. The standard InChI is InChI=1S/C14H16N4/c1-8-4-13-11(9(2)14(8)15)5-12(17-13)10-6-16-18(3)7-10/h4-7,17H,15H2,1-3H3. The van der Waals surface area contributed by atoms with E-state index < -0.39 is 0 Å². The number of aryl methyl sites for hydroxylation is 3. The van der Waals surface area contributed by atoms with Crippen LogP contribution in [0.25, 0.3) is 22.2 Å². The Labute approximate surface area is 105 Å². The van der Waals surface area contributed by atoms with Crippen molar-refractivity contribution < 1.29 is 0 Å². The van der Waals surface area contributed by atoms with Gasteiger partial charge < -0.3 is 10.7 Å². The Balaban J connectivity index is 2.26. The molecule has 3 aromatic rings. The number of anilines is 1. The summed E-state index contributed by atoms with van der Waals surface area (Å²) in [7, 11) is 1.92. The molecule has 3 N–H and O–H groups in total. The van der Waals surface area contributed by atoms with Crippen LogP contribution in [0.15, 0.2) is 24.5 Å². The van der Waals surface area contributed by atoms with Crippen molar-refractivity contribution in [3.05, 3.63) is 35.7 Å². The molecule has 0 amide bonds. The second-order valence-corrected chi connectivity index (χ2v) is 4.78. The van der Waals surface area contributed by atoms with Gasteiger partial charge in [-0.1, -0.05) is 0 Å². The molecular formula is C14H16N4. The van der Waals surface area contributed by atoms with Gasteiger partial charge in [0.25, 0.3) is 0 Å². The van der Waals surface area contributed by atoms with Gasteiger partial charge >= 0.3 is 0 Å². The van der Waals surface area contributed by atoms with E-state index in [1.54, 1.807) is 4.68 Å². The quantitative estimate of drug-likeness (QED) is 0.642. The number of hydrogen-bond acceptors (Lipinski definition) is 2. The first-order valence-electron chi connectivity index (χ1n) is 5.93. The number of hydrogen-bond donors (Lipinski definition) is 2. The van der Waals surface area contributed by atoms with Crippen LogP contribution in [0.1, 0.15) is 11.1 Å². The molecule has 0 bridgehead atoms. The van der Waals surface area contributed by atoms with Crippen LogP contribution in [0, 0.1) is 13.8 Å². The number of aromatic amines is 1. The number of nitrogens with two attached hydrogens (primary N) is 1. The molecule has 0 aliphatic carbocycles. The Kier molecular flexibility index (Phi) is 2.20. The third-order valence-electron chi connectivity index (χ3n) is 3.46. The highest BCUT2D eigenvalue weighted by atomic mass is 15.2. The second kappa shape index (κ2) is 3.63. The number of nitrogens with zero attached hydrogens (tertiary/aromatic N) is 2. The summed E-state index contributed by atoms with van der Waals surface area (Å²) in [4.78, 5) is 3.43. The maximum atomic E-state index is 6.07. The third kappa shape index (κ3) is 1.49. The fourth-order valence-corrected chi connectivity index (χ4v) is 2.35. The van der Waals surface area contributed by atoms with Gasteiger partial charge in [0.15, 0.2) is 0 Å². The van der Waals surface area contributed by atoms with Crippen LogP contribution in [-0.4, -0.2) is 14.8 Å². The molecule has 3 rings (SSSR count). The first kappa shape index (κ1) is 10.9. The molecule has 0 radical (unpaired) electrons. The monoisotopic (exact) mass is 240 g/mol. The van der Waals surface area contributed by atoms with Crippen LogP contribution in [0.4, 0.5) is 5.69 Å². The van der Waals surface area contributed by atoms with E-state index >= 15 is 0 Å². The van der Waals surface area contributed by atoms with Crippen molar-refractivity contribution in [2.24, 2.45) is 7.05 Å². The van der Waals surface area contributed by atoms with E-state index in [1.807, 2.05) is 26.4 Å². The number of fused-ring (bicyclic) bond motifs is 1. The zero-order valence-electron chi connectivity index (χ0n) is 10.8. The Hall–Kier alpha value is -2.23. The number of nitrogen functional groups attached to an aromatic ring is 1. The summed E-state index contributed by atoms with van der Waals surface area (Å²) >= 11 is 0. The molecular weight excluding hydrogens is 224 g/mol. The molecule has 0 spiro atoms. The molecule has 0 aliphatic heterocycles. The number of nitrogens with one attached hydrogen (secondary N) is 1. The molecule has 1 aromatic carbocycles. The summed E-state index contributed by atoms with van der Waals surface area (Å²) in [5.74, 6) is 0. The van der Waals surface area contributed by atoms with Crippen LogP contribution in [-0.2, 0) is 7.05 Å². The highest BCUT2D eigenvalue weighted by molar-refractivity contribution is 5.92. The Morgan fingerprint density at radius 3 is 2.72 bits per heavy atom. The number of aromatic nitrogens is 3. The molecule has 2 heterocycles. The first-order chi connectivity index (χ1) is 8.56. The van der Waals surface area contributed by atoms with E-state index in [1.165, 1.54) is 5.39 Å². The van der Waals surface area contributed by atoms with Gasteiger partial charge in [0.2, 0.25) is 0 Å². The van der Waals surface area contributed by atoms with Crippen LogP contribution in [0.3, 0.4) is 0 Å². The molecule has 0 fully saturated rings. The van der Waals surface area contributed by atoms with Crippen molar-refractivity contribution in [2.75, 3.05) is 5.73 Å². The lowest BCUT2D eigenvalue weighted by Crippen LogP contribution is -1.93. The van der Waals surface area contributed by atoms with E-state index in [0.717, 1.165) is 33.6 Å². The summed E-state index contributed by atoms with van der Waals surface area (Å²) in [6.07, 6.45) is 3.85. The molecule has 92 valence electrons. The van der Waals surface area contributed by atoms with E-state index in [2.05, 4.69) is 29.1 Å². The molecule has 0 unspecified atom stereocenters. The minimum atomic E-state index is 0.874. The van der Waals surface area contributed by atoms with Gasteiger partial charge in [0.1, 0.15) is 0 Å². The molecule has 0 saturated heterocycles. The summed E-state index contributed by atoms with van der Waals surface area (Å²) in [5, 5.41) is 5.37. The maximum Gasteiger partial charge on any atom is 0.0583 e. The summed E-state index contributed by atoms with van der Waals surface area (Å²) < 4.78 is 1.80. The SMILES string of the molecule is Cc1cc2[nH]c(-c3cnn(C)c3)cc2c(C)c1N. The van der Waals surface area contributed by atoms with E-state index in [4.69, 9.17) is 5.73 Å². The molecule has 4 nitrogen and oxygen atoms in total. The lowest BCUT2D eigenvalue weighted by molar-refractivity contribution is 0.768. The van der Waals surface area contributed by atoms with E-state index in [-0.39, 0.29) is 0 Å². The predicted octanol–water partition coefficient (Wildman–Crippen LogP) is 2.77. The largest absolute Gasteiger partial charge is 0.398 e. The van der Waals surface area contributed by atoms with Crippen LogP contribution >= 0.6 is 0 Å². The average Bonchev–Trinajstić information content (AvgIpc) is 2.92. The summed E-state index contributed by atoms with van der Waals surface area (Å²) in [6.45, 7) is 4.10. The topological polar surface area (TPSA) is 59.6 Å². The Morgan fingerprint density at radius 2 is 2.06 bits per heavy atom. The van der Waals surface area contributed by atoms with Gasteiger partial charge in [-0.05, 0) is 37.1 Å². The van der Waals surface area contributed by atoms with Crippen molar-refractivity contribution in [1.29, 1.82) is 0 Å². The van der Waals surface area contributed by atoms with Crippen LogP contribution < -0.4 is 5.73 Å². The van der Waals surface area contributed by atoms with Crippen molar-refractivity contribution in [3.63, 3.8) is 0 Å². The molecule has 18 heavy (non-hydrogen) atoms. The molecule has 0 aliphatic rings. The normalized spacial score (nSPS) is 11.3. The second-order valence-electron chi connectivity index (χ2n) is 4.78. The van der Waals surface area contributed by atoms with Crippen molar-refractivity contribution >= 4 is 16.6 Å². The van der Waals surface area contributed by atoms with Crippen LogP contribution in [0.5, 0.6) is 0 Å². The fraction of sp³-hybridized carbons (Fsp3) is 0.214. The highest BCUT2D eigenvalue weighted by Crippen LogP contribution is 2.30. The Bertz CT molecular complexity index is 734. The van der Waals surface area contributed by atoms with Gasteiger partial charge in [-0.25, -0.2) is 0 Å². The van der Waals surface area contributed by atoms with Crippen molar-refractivity contribution in [3.8, 4) is 11.3 Å². The average molecular weight is 240 g/mol. The fourth-order valence-electron chi connectivity index (χ4n) is 2.35. The van der Waals surface area contributed by atoms with Crippen LogP contribution in [0.2, 0.25) is 0 Å². The van der Waals surface area contributed by atoms with E-state index in [0.29, 0.717) is 0 Å². The van der Waals surface area contributed by atoms with Gasteiger partial charge in [-0.3, -0.25) is 4.68 Å². The number of H-pyrrole nitrogens is 1. The number of rotatable bonds is 1. The van der Waals surface area contributed by atoms with Gasteiger partial charge in [0, 0.05) is 41.1 Å². The predicted molar refractivity (Wildman–Crippen MR) is 74.4 cm³/mol. The van der Waals surface area contributed by atoms with E-state index in [9.17, 15) is 0 Å². The molecule has 0 atom stereocenters. The van der Waals surface area contributed by atoms with Gasteiger partial charge in [-0.2, -0.15) is 5.10 Å². The third-order valence-corrected chi connectivity index (χ3v) is 3.46.